The first-order valence-corrected chi connectivity index (χ1v) is 8.05. The molecular weight excluding hydrogens is 286 g/mol. The van der Waals surface area contributed by atoms with Gasteiger partial charge in [0.2, 0.25) is 0 Å². The van der Waals surface area contributed by atoms with Crippen LogP contribution in [-0.4, -0.2) is 32.6 Å². The predicted octanol–water partition coefficient (Wildman–Crippen LogP) is 3.05. The fourth-order valence-electron chi connectivity index (χ4n) is 2.58. The Morgan fingerprint density at radius 1 is 1.09 bits per heavy atom. The minimum Gasteiger partial charge on any atom is -0.392 e. The fraction of sp³-hybridized carbons (Fsp3) is 0.368. The predicted molar refractivity (Wildman–Crippen MR) is 92.6 cm³/mol. The number of aromatic nitrogens is 2. The first kappa shape index (κ1) is 17.3. The van der Waals surface area contributed by atoms with Gasteiger partial charge >= 0.3 is 0 Å². The summed E-state index contributed by atoms with van der Waals surface area (Å²) in [5.41, 5.74) is 2.02. The first-order chi connectivity index (χ1) is 11.2. The monoisotopic (exact) mass is 311 g/mol. The van der Waals surface area contributed by atoms with Crippen LogP contribution in [0.15, 0.2) is 61.4 Å². The largest absolute Gasteiger partial charge is 0.392 e. The zero-order chi connectivity index (χ0) is 16.5. The average Bonchev–Trinajstić information content (AvgIpc) is 2.60. The van der Waals surface area contributed by atoms with Crippen molar-refractivity contribution in [3.63, 3.8) is 0 Å². The second-order valence-electron chi connectivity index (χ2n) is 5.69. The molecule has 0 aliphatic rings. The molecule has 2 aromatic rings. The van der Waals surface area contributed by atoms with E-state index in [4.69, 9.17) is 0 Å². The van der Waals surface area contributed by atoms with E-state index in [0.29, 0.717) is 0 Å². The van der Waals surface area contributed by atoms with Crippen molar-refractivity contribution in [3.8, 4) is 0 Å². The third-order valence-electron chi connectivity index (χ3n) is 3.91. The van der Waals surface area contributed by atoms with E-state index >= 15 is 0 Å². The lowest BCUT2D eigenvalue weighted by Gasteiger charge is -2.27. The van der Waals surface area contributed by atoms with Crippen molar-refractivity contribution in [1.29, 1.82) is 0 Å². The lowest BCUT2D eigenvalue weighted by Crippen LogP contribution is -2.34. The zero-order valence-electron chi connectivity index (χ0n) is 13.7. The van der Waals surface area contributed by atoms with Crippen molar-refractivity contribution >= 4 is 0 Å². The van der Waals surface area contributed by atoms with Gasteiger partial charge in [0, 0.05) is 37.9 Å². The van der Waals surface area contributed by atoms with Gasteiger partial charge in [-0.15, -0.1) is 6.58 Å². The van der Waals surface area contributed by atoms with E-state index in [0.717, 1.165) is 37.4 Å². The molecule has 0 saturated heterocycles. The van der Waals surface area contributed by atoms with Gasteiger partial charge in [-0.25, -0.2) is 0 Å². The summed E-state index contributed by atoms with van der Waals surface area (Å²) in [5.74, 6) is 0.0347. The number of hydrogen-bond donors (Lipinski definition) is 1. The van der Waals surface area contributed by atoms with Gasteiger partial charge in [-0.1, -0.05) is 25.1 Å². The Morgan fingerprint density at radius 2 is 1.65 bits per heavy atom. The van der Waals surface area contributed by atoms with Crippen LogP contribution in [0.2, 0.25) is 0 Å². The van der Waals surface area contributed by atoms with E-state index in [2.05, 4.69) is 21.4 Å². The van der Waals surface area contributed by atoms with Crippen molar-refractivity contribution < 1.29 is 5.11 Å². The number of aliphatic hydroxyl groups excluding tert-OH is 1. The third kappa shape index (κ3) is 5.58. The molecule has 2 aromatic heterocycles. The molecule has 0 bridgehead atoms. The van der Waals surface area contributed by atoms with Gasteiger partial charge in [0.25, 0.3) is 0 Å². The maximum absolute atomic E-state index is 10.2. The Hall–Kier alpha value is -2.04. The highest BCUT2D eigenvalue weighted by atomic mass is 16.3. The molecule has 0 radical (unpaired) electrons. The highest BCUT2D eigenvalue weighted by Gasteiger charge is 2.19. The molecule has 0 amide bonds. The van der Waals surface area contributed by atoms with Crippen LogP contribution < -0.4 is 0 Å². The van der Waals surface area contributed by atoms with Crippen LogP contribution in [0.25, 0.3) is 0 Å². The summed E-state index contributed by atoms with van der Waals surface area (Å²) in [6, 6.07) is 11.9. The topological polar surface area (TPSA) is 49.2 Å². The lowest BCUT2D eigenvalue weighted by molar-refractivity contribution is 0.0934. The van der Waals surface area contributed by atoms with Gasteiger partial charge < -0.3 is 5.11 Å². The normalized spacial score (nSPS) is 13.7. The van der Waals surface area contributed by atoms with Crippen LogP contribution in [0.3, 0.4) is 0 Å². The van der Waals surface area contributed by atoms with E-state index in [1.54, 1.807) is 12.4 Å². The van der Waals surface area contributed by atoms with E-state index in [9.17, 15) is 5.11 Å². The Morgan fingerprint density at radius 3 is 2.04 bits per heavy atom. The SMILES string of the molecule is C=CC(CN(Cc1ccccn1)Cc1ccccn1)C(O)CC. The molecule has 2 unspecified atom stereocenters. The Kier molecular flexibility index (Phi) is 6.91. The molecule has 2 heterocycles. The Labute approximate surface area is 138 Å². The number of rotatable bonds is 9. The Bertz CT molecular complexity index is 532. The second-order valence-corrected chi connectivity index (χ2v) is 5.69. The molecule has 0 saturated carbocycles. The van der Waals surface area contributed by atoms with Gasteiger partial charge in [0.05, 0.1) is 17.5 Å². The number of aliphatic hydroxyl groups is 1. The molecule has 23 heavy (non-hydrogen) atoms. The molecule has 0 aliphatic heterocycles. The molecule has 1 N–H and O–H groups in total. The highest BCUT2D eigenvalue weighted by Crippen LogP contribution is 2.15. The number of nitrogens with zero attached hydrogens (tertiary/aromatic N) is 3. The van der Waals surface area contributed by atoms with Crippen molar-refractivity contribution in [2.45, 2.75) is 32.5 Å². The maximum Gasteiger partial charge on any atom is 0.0612 e. The molecule has 2 rings (SSSR count). The molecule has 4 nitrogen and oxygen atoms in total. The minimum absolute atomic E-state index is 0.0347. The molecule has 0 fully saturated rings. The van der Waals surface area contributed by atoms with Gasteiger partial charge in [-0.3, -0.25) is 14.9 Å². The fourth-order valence-corrected chi connectivity index (χ4v) is 2.58. The van der Waals surface area contributed by atoms with E-state index in [1.165, 1.54) is 0 Å². The third-order valence-corrected chi connectivity index (χ3v) is 3.91. The summed E-state index contributed by atoms with van der Waals surface area (Å²) in [6.07, 6.45) is 5.80. The van der Waals surface area contributed by atoms with Gasteiger partial charge in [-0.2, -0.15) is 0 Å². The average molecular weight is 311 g/mol. The molecule has 2 atom stereocenters. The van der Waals surface area contributed by atoms with E-state index < -0.39 is 0 Å². The van der Waals surface area contributed by atoms with Crippen molar-refractivity contribution in [1.82, 2.24) is 14.9 Å². The van der Waals surface area contributed by atoms with Gasteiger partial charge in [-0.05, 0) is 30.7 Å². The second kappa shape index (κ2) is 9.18. The summed E-state index contributed by atoms with van der Waals surface area (Å²) in [6.45, 7) is 8.04. The number of hydrogen-bond acceptors (Lipinski definition) is 4. The van der Waals surface area contributed by atoms with Crippen LogP contribution in [0, 0.1) is 5.92 Å². The van der Waals surface area contributed by atoms with Gasteiger partial charge in [0.1, 0.15) is 0 Å². The summed E-state index contributed by atoms with van der Waals surface area (Å²) in [4.78, 5) is 11.1. The number of pyridine rings is 2. The van der Waals surface area contributed by atoms with Crippen molar-refractivity contribution in [2.24, 2.45) is 5.92 Å². The molecular formula is C19H25N3O. The Balaban J connectivity index is 2.11. The van der Waals surface area contributed by atoms with Crippen molar-refractivity contribution in [2.75, 3.05) is 6.54 Å². The van der Waals surface area contributed by atoms with Crippen LogP contribution in [0.5, 0.6) is 0 Å². The maximum atomic E-state index is 10.2. The van der Waals surface area contributed by atoms with Crippen LogP contribution in [0.1, 0.15) is 24.7 Å². The lowest BCUT2D eigenvalue weighted by atomic mass is 9.99. The van der Waals surface area contributed by atoms with E-state index in [1.807, 2.05) is 49.4 Å². The van der Waals surface area contributed by atoms with Crippen molar-refractivity contribution in [3.05, 3.63) is 72.8 Å². The van der Waals surface area contributed by atoms with Crippen LogP contribution >= 0.6 is 0 Å². The summed E-state index contributed by atoms with van der Waals surface area (Å²) < 4.78 is 0. The standard InChI is InChI=1S/C19H25N3O/c1-3-16(19(23)4-2)13-22(14-17-9-5-7-11-20-17)15-18-10-6-8-12-21-18/h3,5-12,16,19,23H,1,4,13-15H2,2H3. The first-order valence-electron chi connectivity index (χ1n) is 8.05. The highest BCUT2D eigenvalue weighted by molar-refractivity contribution is 5.06. The molecule has 4 heteroatoms. The zero-order valence-corrected chi connectivity index (χ0v) is 13.7. The molecule has 0 aliphatic carbocycles. The summed E-state index contributed by atoms with van der Waals surface area (Å²) >= 11 is 0. The quantitative estimate of drug-likeness (QED) is 0.723. The van der Waals surface area contributed by atoms with Crippen LogP contribution in [0.4, 0.5) is 0 Å². The van der Waals surface area contributed by atoms with Crippen LogP contribution in [-0.2, 0) is 13.1 Å². The summed E-state index contributed by atoms with van der Waals surface area (Å²) in [7, 11) is 0. The van der Waals surface area contributed by atoms with E-state index in [-0.39, 0.29) is 12.0 Å². The van der Waals surface area contributed by atoms with Gasteiger partial charge in [0.15, 0.2) is 0 Å². The smallest absolute Gasteiger partial charge is 0.0612 e. The molecule has 122 valence electrons. The minimum atomic E-state index is -0.373. The summed E-state index contributed by atoms with van der Waals surface area (Å²) in [5, 5.41) is 10.2. The molecule has 0 aromatic carbocycles. The molecule has 0 spiro atoms.